The predicted octanol–water partition coefficient (Wildman–Crippen LogP) is 2.07. The van der Waals surface area contributed by atoms with Crippen molar-refractivity contribution in [3.8, 4) is 0 Å². The van der Waals surface area contributed by atoms with Crippen LogP contribution in [0.5, 0.6) is 0 Å². The Kier molecular flexibility index (Phi) is 4.03. The molecule has 0 heterocycles. The van der Waals surface area contributed by atoms with Gasteiger partial charge < -0.3 is 4.74 Å². The summed E-state index contributed by atoms with van der Waals surface area (Å²) in [5.41, 5.74) is 0.551. The minimum atomic E-state index is -0.683. The summed E-state index contributed by atoms with van der Waals surface area (Å²) in [5, 5.41) is 0. The van der Waals surface area contributed by atoms with Gasteiger partial charge in [0, 0.05) is 5.56 Å². The fourth-order valence-corrected chi connectivity index (χ4v) is 1.40. The summed E-state index contributed by atoms with van der Waals surface area (Å²) in [6.45, 7) is 1.79. The van der Waals surface area contributed by atoms with E-state index in [-0.39, 0.29) is 5.78 Å². The maximum absolute atomic E-state index is 11.9. The van der Waals surface area contributed by atoms with Crippen LogP contribution in [0.15, 0.2) is 30.3 Å². The summed E-state index contributed by atoms with van der Waals surface area (Å²) in [6.07, 6.45) is 0.459. The van der Waals surface area contributed by atoms with Gasteiger partial charge in [-0.25, -0.2) is 0 Å². The van der Waals surface area contributed by atoms with E-state index in [1.165, 1.54) is 7.11 Å². The molecule has 1 aromatic rings. The van der Waals surface area contributed by atoms with Crippen molar-refractivity contribution >= 4 is 11.8 Å². The molecular weight excluding hydrogens is 192 g/mol. The molecule has 0 N–H and O–H groups in total. The molecular formula is C12H14O3. The standard InChI is InChI=1S/C12H14O3/c1-3-10(12(14)15-2)11(13)9-7-5-4-6-8-9/h4-8,10H,3H2,1-2H3. The van der Waals surface area contributed by atoms with Crippen molar-refractivity contribution in [1.82, 2.24) is 0 Å². The lowest BCUT2D eigenvalue weighted by Gasteiger charge is -2.10. The van der Waals surface area contributed by atoms with Gasteiger partial charge in [0.1, 0.15) is 5.92 Å². The van der Waals surface area contributed by atoms with Crippen LogP contribution < -0.4 is 0 Å². The molecule has 0 amide bonds. The lowest BCUT2D eigenvalue weighted by atomic mass is 9.95. The minimum Gasteiger partial charge on any atom is -0.468 e. The number of benzene rings is 1. The largest absolute Gasteiger partial charge is 0.468 e. The van der Waals surface area contributed by atoms with Gasteiger partial charge in [-0.3, -0.25) is 9.59 Å². The van der Waals surface area contributed by atoms with E-state index in [4.69, 9.17) is 0 Å². The van der Waals surface area contributed by atoms with Gasteiger partial charge >= 0.3 is 5.97 Å². The second-order valence-electron chi connectivity index (χ2n) is 3.21. The van der Waals surface area contributed by atoms with Crippen LogP contribution in [0.2, 0.25) is 0 Å². The first-order valence-electron chi connectivity index (χ1n) is 4.87. The monoisotopic (exact) mass is 206 g/mol. The number of Topliss-reactive ketones (excluding diaryl/α,β-unsaturated/α-hetero) is 1. The van der Waals surface area contributed by atoms with E-state index in [1.54, 1.807) is 31.2 Å². The van der Waals surface area contributed by atoms with Crippen molar-refractivity contribution < 1.29 is 14.3 Å². The van der Waals surface area contributed by atoms with Crippen LogP contribution in [-0.4, -0.2) is 18.9 Å². The molecule has 0 radical (unpaired) electrons. The summed E-state index contributed by atoms with van der Waals surface area (Å²) >= 11 is 0. The Morgan fingerprint density at radius 2 is 1.87 bits per heavy atom. The highest BCUT2D eigenvalue weighted by Crippen LogP contribution is 2.13. The van der Waals surface area contributed by atoms with Crippen LogP contribution in [0.25, 0.3) is 0 Å². The van der Waals surface area contributed by atoms with Gasteiger partial charge in [-0.05, 0) is 6.42 Å². The van der Waals surface area contributed by atoms with Crippen molar-refractivity contribution in [1.29, 1.82) is 0 Å². The molecule has 0 spiro atoms. The van der Waals surface area contributed by atoms with Gasteiger partial charge in [0.05, 0.1) is 7.11 Å². The van der Waals surface area contributed by atoms with Gasteiger partial charge in [-0.2, -0.15) is 0 Å². The molecule has 0 aliphatic rings. The fourth-order valence-electron chi connectivity index (χ4n) is 1.40. The lowest BCUT2D eigenvalue weighted by Crippen LogP contribution is -2.24. The zero-order chi connectivity index (χ0) is 11.3. The summed E-state index contributed by atoms with van der Waals surface area (Å²) in [6, 6.07) is 8.78. The SMILES string of the molecule is CCC(C(=O)OC)C(=O)c1ccccc1. The van der Waals surface area contributed by atoms with E-state index in [2.05, 4.69) is 4.74 Å². The Bertz CT molecular complexity index is 343. The van der Waals surface area contributed by atoms with Crippen molar-refractivity contribution in [3.63, 3.8) is 0 Å². The number of hydrogen-bond acceptors (Lipinski definition) is 3. The molecule has 0 saturated heterocycles. The van der Waals surface area contributed by atoms with Crippen molar-refractivity contribution in [2.75, 3.05) is 7.11 Å². The molecule has 15 heavy (non-hydrogen) atoms. The third-order valence-electron chi connectivity index (χ3n) is 2.27. The molecule has 1 rings (SSSR count). The van der Waals surface area contributed by atoms with Crippen LogP contribution in [-0.2, 0) is 9.53 Å². The number of methoxy groups -OCH3 is 1. The molecule has 0 bridgehead atoms. The molecule has 1 unspecified atom stereocenters. The number of rotatable bonds is 4. The van der Waals surface area contributed by atoms with Crippen LogP contribution in [0.3, 0.4) is 0 Å². The van der Waals surface area contributed by atoms with Crippen LogP contribution in [0, 0.1) is 5.92 Å². The topological polar surface area (TPSA) is 43.4 Å². The average Bonchev–Trinajstić information content (AvgIpc) is 2.30. The zero-order valence-corrected chi connectivity index (χ0v) is 8.90. The zero-order valence-electron chi connectivity index (χ0n) is 8.90. The Morgan fingerprint density at radius 3 is 2.33 bits per heavy atom. The summed E-state index contributed by atoms with van der Waals surface area (Å²) < 4.78 is 4.59. The van der Waals surface area contributed by atoms with Crippen molar-refractivity contribution in [2.24, 2.45) is 5.92 Å². The number of hydrogen-bond donors (Lipinski definition) is 0. The van der Waals surface area contributed by atoms with E-state index >= 15 is 0 Å². The molecule has 80 valence electrons. The number of ether oxygens (including phenoxy) is 1. The molecule has 0 aliphatic carbocycles. The Morgan fingerprint density at radius 1 is 1.27 bits per heavy atom. The molecule has 0 fully saturated rings. The number of carbonyl (C=O) groups excluding carboxylic acids is 2. The Hall–Kier alpha value is -1.64. The van der Waals surface area contributed by atoms with Gasteiger partial charge in [0.2, 0.25) is 0 Å². The summed E-state index contributed by atoms with van der Waals surface area (Å²) in [7, 11) is 1.29. The molecule has 0 aliphatic heterocycles. The first-order chi connectivity index (χ1) is 7.20. The Labute approximate surface area is 89.1 Å². The van der Waals surface area contributed by atoms with E-state index in [1.807, 2.05) is 6.07 Å². The van der Waals surface area contributed by atoms with E-state index < -0.39 is 11.9 Å². The van der Waals surface area contributed by atoms with E-state index in [0.717, 1.165) is 0 Å². The van der Waals surface area contributed by atoms with Gasteiger partial charge in [-0.15, -0.1) is 0 Å². The van der Waals surface area contributed by atoms with E-state index in [0.29, 0.717) is 12.0 Å². The second kappa shape index (κ2) is 5.29. The third kappa shape index (κ3) is 2.65. The van der Waals surface area contributed by atoms with E-state index in [9.17, 15) is 9.59 Å². The van der Waals surface area contributed by atoms with Crippen LogP contribution in [0.1, 0.15) is 23.7 Å². The number of esters is 1. The van der Waals surface area contributed by atoms with Gasteiger partial charge in [0.25, 0.3) is 0 Å². The van der Waals surface area contributed by atoms with Crippen molar-refractivity contribution in [3.05, 3.63) is 35.9 Å². The molecule has 0 aromatic heterocycles. The quantitative estimate of drug-likeness (QED) is 0.430. The predicted molar refractivity (Wildman–Crippen MR) is 56.6 cm³/mol. The number of ketones is 1. The highest BCUT2D eigenvalue weighted by Gasteiger charge is 2.26. The highest BCUT2D eigenvalue weighted by molar-refractivity contribution is 6.08. The summed E-state index contributed by atoms with van der Waals surface area (Å²) in [5.74, 6) is -1.33. The maximum Gasteiger partial charge on any atom is 0.316 e. The second-order valence-corrected chi connectivity index (χ2v) is 3.21. The third-order valence-corrected chi connectivity index (χ3v) is 2.27. The van der Waals surface area contributed by atoms with Gasteiger partial charge in [0.15, 0.2) is 5.78 Å². The molecule has 0 saturated carbocycles. The van der Waals surface area contributed by atoms with Crippen LogP contribution in [0.4, 0.5) is 0 Å². The first-order valence-corrected chi connectivity index (χ1v) is 4.87. The molecule has 3 heteroatoms. The smallest absolute Gasteiger partial charge is 0.316 e. The maximum atomic E-state index is 11.9. The normalized spacial score (nSPS) is 11.9. The summed E-state index contributed by atoms with van der Waals surface area (Å²) in [4.78, 5) is 23.2. The lowest BCUT2D eigenvalue weighted by molar-refractivity contribution is -0.143. The Balaban J connectivity index is 2.87. The van der Waals surface area contributed by atoms with Crippen LogP contribution >= 0.6 is 0 Å². The average molecular weight is 206 g/mol. The molecule has 1 aromatic carbocycles. The highest BCUT2D eigenvalue weighted by atomic mass is 16.5. The van der Waals surface area contributed by atoms with Crippen molar-refractivity contribution in [2.45, 2.75) is 13.3 Å². The first kappa shape index (κ1) is 11.4. The molecule has 1 atom stereocenters. The fraction of sp³-hybridized carbons (Fsp3) is 0.333. The number of carbonyl (C=O) groups is 2. The molecule has 3 nitrogen and oxygen atoms in total. The minimum absolute atomic E-state index is 0.176. The van der Waals surface area contributed by atoms with Gasteiger partial charge in [-0.1, -0.05) is 37.3 Å².